The Hall–Kier alpha value is -3.86. The first-order valence-electron chi connectivity index (χ1n) is 11.1. The van der Waals surface area contributed by atoms with Crippen LogP contribution in [0.15, 0.2) is 91.3 Å². The molecule has 4 rings (SSSR count). The minimum absolute atomic E-state index is 0.340. The molecule has 1 aromatic heterocycles. The third-order valence-electron chi connectivity index (χ3n) is 5.16. The summed E-state index contributed by atoms with van der Waals surface area (Å²) >= 11 is 0. The Bertz CT molecular complexity index is 1190. The van der Waals surface area contributed by atoms with Crippen LogP contribution >= 0.6 is 0 Å². The summed E-state index contributed by atoms with van der Waals surface area (Å²) in [5.41, 5.74) is 4.99. The summed E-state index contributed by atoms with van der Waals surface area (Å²) in [7, 11) is 0. The molecule has 0 saturated carbocycles. The Balaban J connectivity index is 1.58. The van der Waals surface area contributed by atoms with Crippen molar-refractivity contribution in [3.8, 4) is 5.69 Å². The molecule has 0 saturated heterocycles. The molecule has 33 heavy (non-hydrogen) atoms. The fraction of sp³-hybridized carbons (Fsp3) is 0.214. The predicted octanol–water partition coefficient (Wildman–Crippen LogP) is 6.36. The molecular formula is C28H29N3O2. The first kappa shape index (κ1) is 22.3. The van der Waals surface area contributed by atoms with Crippen molar-refractivity contribution in [1.29, 1.82) is 0 Å². The second kappa shape index (κ2) is 9.74. The van der Waals surface area contributed by atoms with Gasteiger partial charge in [-0.15, -0.1) is 0 Å². The second-order valence-electron chi connectivity index (χ2n) is 8.99. The smallest absolute Gasteiger partial charge is 0.340 e. The number of esters is 1. The molecule has 0 aliphatic rings. The lowest BCUT2D eigenvalue weighted by molar-refractivity contribution is 0.00707. The van der Waals surface area contributed by atoms with Crippen molar-refractivity contribution in [2.75, 3.05) is 5.32 Å². The van der Waals surface area contributed by atoms with Crippen LogP contribution in [-0.2, 0) is 17.6 Å². The van der Waals surface area contributed by atoms with E-state index in [-0.39, 0.29) is 5.97 Å². The van der Waals surface area contributed by atoms with Gasteiger partial charge >= 0.3 is 5.97 Å². The van der Waals surface area contributed by atoms with E-state index in [0.29, 0.717) is 5.56 Å². The van der Waals surface area contributed by atoms with E-state index >= 15 is 0 Å². The van der Waals surface area contributed by atoms with E-state index in [1.54, 1.807) is 10.9 Å². The third-order valence-corrected chi connectivity index (χ3v) is 5.16. The number of rotatable bonds is 7. The standard InChI is InChI=1S/C28H29N3O2/c1-28(2,3)33-27(32)25-17-12-22(11-10-21-8-5-4-6-9-21)20-26(25)30-23-13-15-24(16-14-23)31-19-7-18-29-31/h4-9,12-20,30H,10-11H2,1-3H3. The van der Waals surface area contributed by atoms with Gasteiger partial charge in [0.05, 0.1) is 16.9 Å². The number of hydrogen-bond acceptors (Lipinski definition) is 4. The lowest BCUT2D eigenvalue weighted by Crippen LogP contribution is -2.24. The molecule has 0 unspecified atom stereocenters. The molecule has 0 atom stereocenters. The van der Waals surface area contributed by atoms with Gasteiger partial charge in [0, 0.05) is 18.1 Å². The zero-order valence-corrected chi connectivity index (χ0v) is 19.3. The molecule has 0 bridgehead atoms. The van der Waals surface area contributed by atoms with Gasteiger partial charge in [-0.3, -0.25) is 0 Å². The SMILES string of the molecule is CC(C)(C)OC(=O)c1ccc(CCc2ccccc2)cc1Nc1ccc(-n2cccn2)cc1. The monoisotopic (exact) mass is 439 g/mol. The van der Waals surface area contributed by atoms with Crippen molar-refractivity contribution >= 4 is 17.3 Å². The topological polar surface area (TPSA) is 56.1 Å². The van der Waals surface area contributed by atoms with Gasteiger partial charge in [0.25, 0.3) is 0 Å². The third kappa shape index (κ3) is 6.10. The first-order valence-corrected chi connectivity index (χ1v) is 11.1. The number of hydrogen-bond donors (Lipinski definition) is 1. The molecule has 0 radical (unpaired) electrons. The maximum Gasteiger partial charge on any atom is 0.340 e. The minimum Gasteiger partial charge on any atom is -0.456 e. The van der Waals surface area contributed by atoms with Gasteiger partial charge in [0.15, 0.2) is 0 Å². The number of carbonyl (C=O) groups excluding carboxylic acids is 1. The average Bonchev–Trinajstić information content (AvgIpc) is 3.33. The van der Waals surface area contributed by atoms with Crippen molar-refractivity contribution < 1.29 is 9.53 Å². The van der Waals surface area contributed by atoms with Crippen molar-refractivity contribution in [3.63, 3.8) is 0 Å². The largest absolute Gasteiger partial charge is 0.456 e. The van der Waals surface area contributed by atoms with Gasteiger partial charge < -0.3 is 10.1 Å². The Labute approximate surface area is 195 Å². The predicted molar refractivity (Wildman–Crippen MR) is 132 cm³/mol. The molecule has 0 spiro atoms. The number of benzene rings is 3. The lowest BCUT2D eigenvalue weighted by atomic mass is 10.0. The number of anilines is 2. The van der Waals surface area contributed by atoms with E-state index in [0.717, 1.165) is 35.5 Å². The van der Waals surface area contributed by atoms with Crippen LogP contribution in [0.1, 0.15) is 42.3 Å². The van der Waals surface area contributed by atoms with Crippen LogP contribution in [0, 0.1) is 0 Å². The maximum absolute atomic E-state index is 12.9. The van der Waals surface area contributed by atoms with Crippen LogP contribution in [0.3, 0.4) is 0 Å². The molecule has 3 aromatic carbocycles. The van der Waals surface area contributed by atoms with Crippen LogP contribution in [0.5, 0.6) is 0 Å². The van der Waals surface area contributed by atoms with Crippen LogP contribution in [0.2, 0.25) is 0 Å². The summed E-state index contributed by atoms with van der Waals surface area (Å²) in [5.74, 6) is -0.340. The molecule has 1 heterocycles. The molecule has 0 aliphatic carbocycles. The van der Waals surface area contributed by atoms with Crippen molar-refractivity contribution in [3.05, 3.63) is 108 Å². The molecule has 0 amide bonds. The van der Waals surface area contributed by atoms with Gasteiger partial charge in [-0.1, -0.05) is 36.4 Å². The summed E-state index contributed by atoms with van der Waals surface area (Å²) in [6.07, 6.45) is 5.47. The van der Waals surface area contributed by atoms with Gasteiger partial charge in [-0.2, -0.15) is 5.10 Å². The van der Waals surface area contributed by atoms with Gasteiger partial charge in [0.2, 0.25) is 0 Å². The van der Waals surface area contributed by atoms with Gasteiger partial charge in [-0.25, -0.2) is 9.48 Å². The molecule has 5 nitrogen and oxygen atoms in total. The van der Waals surface area contributed by atoms with E-state index in [1.165, 1.54) is 5.56 Å². The Kier molecular flexibility index (Phi) is 6.59. The first-order chi connectivity index (χ1) is 15.9. The van der Waals surface area contributed by atoms with Crippen LogP contribution in [-0.4, -0.2) is 21.4 Å². The Morgan fingerprint density at radius 2 is 1.64 bits per heavy atom. The highest BCUT2D eigenvalue weighted by molar-refractivity contribution is 5.97. The number of nitrogens with zero attached hydrogens (tertiary/aromatic N) is 2. The molecule has 168 valence electrons. The Morgan fingerprint density at radius 1 is 0.909 bits per heavy atom. The van der Waals surface area contributed by atoms with Gasteiger partial charge in [0.1, 0.15) is 5.60 Å². The molecule has 0 aliphatic heterocycles. The fourth-order valence-electron chi connectivity index (χ4n) is 3.57. The van der Waals surface area contributed by atoms with Gasteiger partial charge in [-0.05, 0) is 87.2 Å². The zero-order valence-electron chi connectivity index (χ0n) is 19.3. The fourth-order valence-corrected chi connectivity index (χ4v) is 3.57. The highest BCUT2D eigenvalue weighted by Gasteiger charge is 2.21. The summed E-state index contributed by atoms with van der Waals surface area (Å²) in [6, 6.07) is 26.1. The van der Waals surface area contributed by atoms with Crippen LogP contribution in [0.25, 0.3) is 5.69 Å². The molecule has 5 heteroatoms. The lowest BCUT2D eigenvalue weighted by Gasteiger charge is -2.21. The number of carbonyl (C=O) groups is 1. The number of aromatic nitrogens is 2. The zero-order chi connectivity index (χ0) is 23.3. The quantitative estimate of drug-likeness (QED) is 0.341. The number of ether oxygens (including phenoxy) is 1. The van der Waals surface area contributed by atoms with E-state index in [1.807, 2.05) is 81.6 Å². The summed E-state index contributed by atoms with van der Waals surface area (Å²) < 4.78 is 7.45. The van der Waals surface area contributed by atoms with Crippen LogP contribution in [0.4, 0.5) is 11.4 Å². The minimum atomic E-state index is -0.564. The second-order valence-corrected chi connectivity index (χ2v) is 8.99. The summed E-state index contributed by atoms with van der Waals surface area (Å²) in [6.45, 7) is 5.63. The van der Waals surface area contributed by atoms with Crippen molar-refractivity contribution in [2.24, 2.45) is 0 Å². The maximum atomic E-state index is 12.9. The number of aryl methyl sites for hydroxylation is 2. The summed E-state index contributed by atoms with van der Waals surface area (Å²) in [4.78, 5) is 12.9. The van der Waals surface area contributed by atoms with Crippen molar-refractivity contribution in [2.45, 2.75) is 39.2 Å². The normalized spacial score (nSPS) is 11.2. The molecule has 0 fully saturated rings. The average molecular weight is 440 g/mol. The molecule has 1 N–H and O–H groups in total. The Morgan fingerprint density at radius 3 is 2.30 bits per heavy atom. The highest BCUT2D eigenvalue weighted by atomic mass is 16.6. The molecular weight excluding hydrogens is 410 g/mol. The van der Waals surface area contributed by atoms with Crippen LogP contribution < -0.4 is 5.32 Å². The van der Waals surface area contributed by atoms with E-state index in [4.69, 9.17) is 4.74 Å². The van der Waals surface area contributed by atoms with E-state index in [2.05, 4.69) is 34.7 Å². The van der Waals surface area contributed by atoms with E-state index in [9.17, 15) is 4.79 Å². The molecule has 4 aromatic rings. The van der Waals surface area contributed by atoms with Crippen molar-refractivity contribution in [1.82, 2.24) is 9.78 Å². The summed E-state index contributed by atoms with van der Waals surface area (Å²) in [5, 5.41) is 7.68. The number of nitrogens with one attached hydrogen (secondary N) is 1. The highest BCUT2D eigenvalue weighted by Crippen LogP contribution is 2.26. The van der Waals surface area contributed by atoms with E-state index < -0.39 is 5.60 Å².